The summed E-state index contributed by atoms with van der Waals surface area (Å²) in [5.74, 6) is 3.11. The predicted molar refractivity (Wildman–Crippen MR) is 146 cm³/mol. The van der Waals surface area contributed by atoms with Crippen LogP contribution in [-0.4, -0.2) is 51.1 Å². The Kier molecular flexibility index (Phi) is 7.25. The average molecular weight is 502 g/mol. The highest BCUT2D eigenvalue weighted by Crippen LogP contribution is 2.41. The Morgan fingerprint density at radius 3 is 2.31 bits per heavy atom. The van der Waals surface area contributed by atoms with Gasteiger partial charge in [-0.05, 0) is 91.2 Å². The molecule has 0 aliphatic carbocycles. The topological polar surface area (TPSA) is 48.0 Å². The van der Waals surface area contributed by atoms with Crippen molar-refractivity contribution < 1.29 is 19.0 Å². The second-order valence-corrected chi connectivity index (χ2v) is 10.3. The Bertz CT molecular complexity index is 1340. The zero-order valence-corrected chi connectivity index (χ0v) is 21.8. The number of fused-ring (bicyclic) bond motifs is 1. The third kappa shape index (κ3) is 5.11. The van der Waals surface area contributed by atoms with Crippen LogP contribution in [-0.2, 0) is 0 Å². The van der Waals surface area contributed by atoms with Gasteiger partial charge in [0, 0.05) is 39.2 Å². The summed E-state index contributed by atoms with van der Waals surface area (Å²) in [5, 5.41) is 0.928. The molecule has 2 heterocycles. The zero-order chi connectivity index (χ0) is 25.1. The van der Waals surface area contributed by atoms with Gasteiger partial charge in [-0.1, -0.05) is 6.92 Å². The molecule has 1 aliphatic rings. The molecule has 0 bridgehead atoms. The van der Waals surface area contributed by atoms with Gasteiger partial charge in [-0.2, -0.15) is 0 Å². The molecule has 5 nitrogen and oxygen atoms in total. The number of carbonyl (C=O) groups excluding carboxylic acids is 1. The van der Waals surface area contributed by atoms with Crippen molar-refractivity contribution in [2.75, 3.05) is 40.5 Å². The number of carbonyl (C=O) groups is 1. The molecule has 6 heteroatoms. The van der Waals surface area contributed by atoms with Gasteiger partial charge in [0.2, 0.25) is 0 Å². The molecule has 3 aromatic carbocycles. The Morgan fingerprint density at radius 2 is 1.64 bits per heavy atom. The number of methoxy groups -OCH3 is 2. The number of benzene rings is 3. The summed E-state index contributed by atoms with van der Waals surface area (Å²) < 4.78 is 17.7. The summed E-state index contributed by atoms with van der Waals surface area (Å²) in [7, 11) is 3.30. The van der Waals surface area contributed by atoms with Crippen LogP contribution in [0.5, 0.6) is 17.2 Å². The molecular formula is C30H31NO4S. The lowest BCUT2D eigenvalue weighted by Gasteiger charge is -2.15. The van der Waals surface area contributed by atoms with Crippen LogP contribution in [0.25, 0.3) is 20.5 Å². The van der Waals surface area contributed by atoms with Crippen molar-refractivity contribution in [3.05, 3.63) is 77.9 Å². The van der Waals surface area contributed by atoms with Gasteiger partial charge < -0.3 is 14.2 Å². The minimum Gasteiger partial charge on any atom is -0.497 e. The molecule has 5 rings (SSSR count). The fraction of sp³-hybridized carbons (Fsp3) is 0.300. The van der Waals surface area contributed by atoms with Crippen LogP contribution in [0.4, 0.5) is 0 Å². The van der Waals surface area contributed by atoms with Crippen molar-refractivity contribution in [3.63, 3.8) is 0 Å². The maximum atomic E-state index is 13.8. The molecule has 0 saturated carbocycles. The number of hydrogen-bond acceptors (Lipinski definition) is 6. The van der Waals surface area contributed by atoms with E-state index in [-0.39, 0.29) is 5.78 Å². The van der Waals surface area contributed by atoms with Crippen LogP contribution >= 0.6 is 11.3 Å². The molecule has 0 N–H and O–H groups in total. The van der Waals surface area contributed by atoms with E-state index < -0.39 is 0 Å². The van der Waals surface area contributed by atoms with Crippen LogP contribution in [0.3, 0.4) is 0 Å². The maximum Gasteiger partial charge on any atom is 0.195 e. The summed E-state index contributed by atoms with van der Waals surface area (Å²) in [4.78, 5) is 17.2. The largest absolute Gasteiger partial charge is 0.497 e. The van der Waals surface area contributed by atoms with Crippen molar-refractivity contribution >= 4 is 27.2 Å². The molecule has 1 aliphatic heterocycles. The van der Waals surface area contributed by atoms with Gasteiger partial charge in [0.1, 0.15) is 23.9 Å². The summed E-state index contributed by atoms with van der Waals surface area (Å²) in [6.07, 6.45) is 1.26. The van der Waals surface area contributed by atoms with E-state index in [0.29, 0.717) is 17.7 Å². The number of ether oxygens (including phenoxy) is 3. The Morgan fingerprint density at radius 1 is 0.944 bits per heavy atom. The van der Waals surface area contributed by atoms with E-state index in [1.807, 2.05) is 66.7 Å². The number of ketones is 1. The van der Waals surface area contributed by atoms with E-state index in [0.717, 1.165) is 63.3 Å². The van der Waals surface area contributed by atoms with Crippen LogP contribution < -0.4 is 14.2 Å². The predicted octanol–water partition coefficient (Wildman–Crippen LogP) is 6.54. The minimum absolute atomic E-state index is 0.00478. The standard InChI is InChI=1S/C30H31NO4S/c1-20-14-15-31(19-20)16-17-35-24-10-4-21(5-11-24)29(32)28-26-13-12-25(34-3)18-27(26)36-30(28)22-6-8-23(33-2)9-7-22/h4-13,18,20H,14-17,19H2,1-3H3. The Labute approximate surface area is 216 Å². The molecule has 186 valence electrons. The molecule has 1 aromatic heterocycles. The fourth-order valence-electron chi connectivity index (χ4n) is 4.74. The van der Waals surface area contributed by atoms with Crippen molar-refractivity contribution in [2.45, 2.75) is 13.3 Å². The number of rotatable bonds is 9. The molecule has 36 heavy (non-hydrogen) atoms. The first-order valence-electron chi connectivity index (χ1n) is 12.3. The first kappa shape index (κ1) is 24.3. The van der Waals surface area contributed by atoms with Crippen molar-refractivity contribution in [1.29, 1.82) is 0 Å². The second-order valence-electron chi connectivity index (χ2n) is 9.29. The minimum atomic E-state index is -0.00478. The van der Waals surface area contributed by atoms with E-state index in [1.165, 1.54) is 6.42 Å². The van der Waals surface area contributed by atoms with Gasteiger partial charge in [0.25, 0.3) is 0 Å². The van der Waals surface area contributed by atoms with E-state index in [1.54, 1.807) is 25.6 Å². The third-order valence-electron chi connectivity index (χ3n) is 6.78. The molecule has 0 radical (unpaired) electrons. The van der Waals surface area contributed by atoms with Crippen molar-refractivity contribution in [2.24, 2.45) is 5.92 Å². The Balaban J connectivity index is 1.40. The molecule has 1 saturated heterocycles. The lowest BCUT2D eigenvalue weighted by atomic mass is 9.97. The monoisotopic (exact) mass is 501 g/mol. The maximum absolute atomic E-state index is 13.8. The molecule has 4 aromatic rings. The average Bonchev–Trinajstić information content (AvgIpc) is 3.51. The highest BCUT2D eigenvalue weighted by molar-refractivity contribution is 7.22. The van der Waals surface area contributed by atoms with E-state index in [4.69, 9.17) is 14.2 Å². The molecule has 0 amide bonds. The number of thiophene rings is 1. The SMILES string of the molecule is COc1ccc(-c2sc3cc(OC)ccc3c2C(=O)c2ccc(OCCN3CCC(C)C3)cc2)cc1. The van der Waals surface area contributed by atoms with Gasteiger partial charge in [-0.15, -0.1) is 11.3 Å². The van der Waals surface area contributed by atoms with Gasteiger partial charge >= 0.3 is 0 Å². The highest BCUT2D eigenvalue weighted by Gasteiger charge is 2.22. The first-order valence-corrected chi connectivity index (χ1v) is 13.1. The first-order chi connectivity index (χ1) is 17.6. The molecular weight excluding hydrogens is 470 g/mol. The van der Waals surface area contributed by atoms with Crippen LogP contribution in [0, 0.1) is 5.92 Å². The number of hydrogen-bond donors (Lipinski definition) is 0. The quantitative estimate of drug-likeness (QED) is 0.244. The lowest BCUT2D eigenvalue weighted by molar-refractivity contribution is 0.104. The molecule has 0 spiro atoms. The Hall–Kier alpha value is -3.35. The van der Waals surface area contributed by atoms with Crippen LogP contribution in [0.1, 0.15) is 29.3 Å². The zero-order valence-electron chi connectivity index (χ0n) is 21.0. The molecule has 1 atom stereocenters. The van der Waals surface area contributed by atoms with E-state index in [2.05, 4.69) is 11.8 Å². The van der Waals surface area contributed by atoms with Gasteiger partial charge in [-0.25, -0.2) is 0 Å². The van der Waals surface area contributed by atoms with Gasteiger partial charge in [0.15, 0.2) is 5.78 Å². The van der Waals surface area contributed by atoms with Crippen LogP contribution in [0.2, 0.25) is 0 Å². The highest BCUT2D eigenvalue weighted by atomic mass is 32.1. The fourth-order valence-corrected chi connectivity index (χ4v) is 5.98. The summed E-state index contributed by atoms with van der Waals surface area (Å²) in [5.41, 5.74) is 2.33. The van der Waals surface area contributed by atoms with Crippen molar-refractivity contribution in [3.8, 4) is 27.7 Å². The van der Waals surface area contributed by atoms with Gasteiger partial charge in [-0.3, -0.25) is 9.69 Å². The summed E-state index contributed by atoms with van der Waals surface area (Å²) >= 11 is 1.60. The molecule has 1 unspecified atom stereocenters. The summed E-state index contributed by atoms with van der Waals surface area (Å²) in [6, 6.07) is 21.2. The van der Waals surface area contributed by atoms with E-state index >= 15 is 0 Å². The van der Waals surface area contributed by atoms with Crippen LogP contribution in [0.15, 0.2) is 66.7 Å². The lowest BCUT2D eigenvalue weighted by Crippen LogP contribution is -2.25. The second kappa shape index (κ2) is 10.7. The van der Waals surface area contributed by atoms with Crippen molar-refractivity contribution in [1.82, 2.24) is 4.90 Å². The smallest absolute Gasteiger partial charge is 0.195 e. The third-order valence-corrected chi connectivity index (χ3v) is 7.98. The van der Waals surface area contributed by atoms with E-state index in [9.17, 15) is 4.79 Å². The molecule has 1 fully saturated rings. The number of nitrogens with zero attached hydrogens (tertiary/aromatic N) is 1. The van der Waals surface area contributed by atoms with Gasteiger partial charge in [0.05, 0.1) is 14.2 Å². The normalized spacial score (nSPS) is 15.8. The number of likely N-dealkylation sites (tertiary alicyclic amines) is 1. The summed E-state index contributed by atoms with van der Waals surface area (Å²) in [6.45, 7) is 6.17.